The Balaban J connectivity index is 1.60. The summed E-state index contributed by atoms with van der Waals surface area (Å²) in [6.07, 6.45) is 0. The number of esters is 1. The van der Waals surface area contributed by atoms with Crippen LogP contribution in [0.15, 0.2) is 59.6 Å². The van der Waals surface area contributed by atoms with Gasteiger partial charge in [-0.15, -0.1) is 11.8 Å². The molecule has 0 amide bonds. The largest absolute Gasteiger partial charge is 0.461 e. The number of fused-ring (bicyclic) bond motifs is 1. The van der Waals surface area contributed by atoms with Crippen molar-refractivity contribution in [2.45, 2.75) is 11.9 Å². The van der Waals surface area contributed by atoms with Crippen LogP contribution in [0, 0.1) is 6.92 Å². The zero-order valence-electron chi connectivity index (χ0n) is 12.7. The summed E-state index contributed by atoms with van der Waals surface area (Å²) in [4.78, 5) is 20.8. The molecular formula is C18H16N2O2S. The van der Waals surface area contributed by atoms with Crippen molar-refractivity contribution < 1.29 is 9.53 Å². The SMILES string of the molecule is Cc1nc(SCCOC(=O)c2ccccc2)c2ccccc2n1. The number of ether oxygens (including phenoxy) is 1. The average Bonchev–Trinajstić information content (AvgIpc) is 2.59. The van der Waals surface area contributed by atoms with Gasteiger partial charge in [-0.25, -0.2) is 14.8 Å². The minimum atomic E-state index is -0.296. The van der Waals surface area contributed by atoms with E-state index in [2.05, 4.69) is 9.97 Å². The number of aromatic nitrogens is 2. The van der Waals surface area contributed by atoms with E-state index in [0.29, 0.717) is 17.9 Å². The molecule has 0 aliphatic rings. The summed E-state index contributed by atoms with van der Waals surface area (Å²) in [5, 5.41) is 1.95. The van der Waals surface area contributed by atoms with Gasteiger partial charge in [0.1, 0.15) is 17.5 Å². The van der Waals surface area contributed by atoms with E-state index >= 15 is 0 Å². The Morgan fingerprint density at radius 2 is 1.78 bits per heavy atom. The lowest BCUT2D eigenvalue weighted by Crippen LogP contribution is -2.07. The monoisotopic (exact) mass is 324 g/mol. The zero-order chi connectivity index (χ0) is 16.1. The van der Waals surface area contributed by atoms with E-state index in [0.717, 1.165) is 21.8 Å². The van der Waals surface area contributed by atoms with Crippen molar-refractivity contribution in [3.05, 3.63) is 66.0 Å². The van der Waals surface area contributed by atoms with Gasteiger partial charge in [-0.05, 0) is 25.1 Å². The highest BCUT2D eigenvalue weighted by Gasteiger charge is 2.08. The van der Waals surface area contributed by atoms with E-state index < -0.39 is 0 Å². The summed E-state index contributed by atoms with van der Waals surface area (Å²) in [7, 11) is 0. The molecule has 0 bridgehead atoms. The second-order valence-electron chi connectivity index (χ2n) is 4.94. The first kappa shape index (κ1) is 15.5. The number of rotatable bonds is 5. The van der Waals surface area contributed by atoms with Gasteiger partial charge < -0.3 is 4.74 Å². The van der Waals surface area contributed by atoms with E-state index in [-0.39, 0.29) is 5.97 Å². The number of benzene rings is 2. The molecule has 0 atom stereocenters. The molecule has 0 radical (unpaired) electrons. The quantitative estimate of drug-likeness (QED) is 0.308. The fourth-order valence-corrected chi connectivity index (χ4v) is 3.08. The molecule has 3 rings (SSSR count). The van der Waals surface area contributed by atoms with Crippen LogP contribution in [0.4, 0.5) is 0 Å². The molecule has 0 saturated heterocycles. The molecular weight excluding hydrogens is 308 g/mol. The van der Waals surface area contributed by atoms with Gasteiger partial charge in [-0.3, -0.25) is 0 Å². The highest BCUT2D eigenvalue weighted by molar-refractivity contribution is 7.99. The molecule has 1 aromatic heterocycles. The summed E-state index contributed by atoms with van der Waals surface area (Å²) in [6.45, 7) is 2.22. The summed E-state index contributed by atoms with van der Waals surface area (Å²) < 4.78 is 5.29. The standard InChI is InChI=1S/C18H16N2O2S/c1-13-19-16-10-6-5-9-15(16)17(20-13)23-12-11-22-18(21)14-7-3-2-4-8-14/h2-10H,11-12H2,1H3. The summed E-state index contributed by atoms with van der Waals surface area (Å²) in [5.41, 5.74) is 1.50. The van der Waals surface area contributed by atoms with Gasteiger partial charge in [0, 0.05) is 11.1 Å². The molecule has 3 aromatic rings. The Labute approximate surface area is 138 Å². The second-order valence-corrected chi connectivity index (χ2v) is 6.03. The molecule has 0 aliphatic carbocycles. The van der Waals surface area contributed by atoms with Gasteiger partial charge in [0.25, 0.3) is 0 Å². The Kier molecular flexibility index (Phi) is 4.88. The molecule has 0 aliphatic heterocycles. The molecule has 0 unspecified atom stereocenters. The maximum atomic E-state index is 11.9. The zero-order valence-corrected chi connectivity index (χ0v) is 13.5. The predicted octanol–water partition coefficient (Wildman–Crippen LogP) is 3.89. The van der Waals surface area contributed by atoms with E-state index in [4.69, 9.17) is 4.74 Å². The number of hydrogen-bond acceptors (Lipinski definition) is 5. The van der Waals surface area contributed by atoms with Crippen molar-refractivity contribution in [1.29, 1.82) is 0 Å². The van der Waals surface area contributed by atoms with Gasteiger partial charge >= 0.3 is 5.97 Å². The molecule has 1 heterocycles. The molecule has 116 valence electrons. The van der Waals surface area contributed by atoms with Crippen LogP contribution in [-0.4, -0.2) is 28.3 Å². The number of hydrogen-bond donors (Lipinski definition) is 0. The number of thioether (sulfide) groups is 1. The maximum absolute atomic E-state index is 11.9. The van der Waals surface area contributed by atoms with E-state index in [1.165, 1.54) is 0 Å². The lowest BCUT2D eigenvalue weighted by Gasteiger charge is -2.07. The molecule has 4 nitrogen and oxygen atoms in total. The Bertz CT molecular complexity index is 822. The molecule has 0 fully saturated rings. The molecule has 0 N–H and O–H groups in total. The van der Waals surface area contributed by atoms with Crippen molar-refractivity contribution in [3.8, 4) is 0 Å². The molecule has 2 aromatic carbocycles. The van der Waals surface area contributed by atoms with Crippen molar-refractivity contribution in [2.75, 3.05) is 12.4 Å². The topological polar surface area (TPSA) is 52.1 Å². The third-order valence-corrected chi connectivity index (χ3v) is 4.20. The Hall–Kier alpha value is -2.40. The second kappa shape index (κ2) is 7.24. The van der Waals surface area contributed by atoms with Crippen LogP contribution in [0.2, 0.25) is 0 Å². The number of para-hydroxylation sites is 1. The average molecular weight is 324 g/mol. The van der Waals surface area contributed by atoms with Crippen molar-refractivity contribution in [3.63, 3.8) is 0 Å². The van der Waals surface area contributed by atoms with E-state index in [1.807, 2.05) is 49.4 Å². The van der Waals surface area contributed by atoms with Crippen LogP contribution in [0.5, 0.6) is 0 Å². The van der Waals surface area contributed by atoms with Crippen molar-refractivity contribution in [1.82, 2.24) is 9.97 Å². The van der Waals surface area contributed by atoms with Gasteiger partial charge in [0.2, 0.25) is 0 Å². The third kappa shape index (κ3) is 3.87. The minimum absolute atomic E-state index is 0.296. The molecule has 0 spiro atoms. The van der Waals surface area contributed by atoms with Crippen LogP contribution in [-0.2, 0) is 4.74 Å². The smallest absolute Gasteiger partial charge is 0.338 e. The van der Waals surface area contributed by atoms with E-state index in [1.54, 1.807) is 23.9 Å². The van der Waals surface area contributed by atoms with Gasteiger partial charge in [0.15, 0.2) is 0 Å². The van der Waals surface area contributed by atoms with Gasteiger partial charge in [-0.2, -0.15) is 0 Å². The summed E-state index contributed by atoms with van der Waals surface area (Å²) >= 11 is 1.57. The molecule has 23 heavy (non-hydrogen) atoms. The van der Waals surface area contributed by atoms with E-state index in [9.17, 15) is 4.79 Å². The van der Waals surface area contributed by atoms with Crippen molar-refractivity contribution >= 4 is 28.6 Å². The van der Waals surface area contributed by atoms with Crippen molar-refractivity contribution in [2.24, 2.45) is 0 Å². The van der Waals surface area contributed by atoms with Crippen LogP contribution >= 0.6 is 11.8 Å². The highest BCUT2D eigenvalue weighted by atomic mass is 32.2. The van der Waals surface area contributed by atoms with Gasteiger partial charge in [0.05, 0.1) is 11.1 Å². The third-order valence-electron chi connectivity index (χ3n) is 3.24. The minimum Gasteiger partial charge on any atom is -0.461 e. The first-order chi connectivity index (χ1) is 11.2. The number of nitrogens with zero attached hydrogens (tertiary/aromatic N) is 2. The van der Waals surface area contributed by atoms with Crippen LogP contribution in [0.3, 0.4) is 0 Å². The predicted molar refractivity (Wildman–Crippen MR) is 91.7 cm³/mol. The Morgan fingerprint density at radius 3 is 2.61 bits per heavy atom. The molecule has 0 saturated carbocycles. The van der Waals surface area contributed by atoms with Crippen LogP contribution < -0.4 is 0 Å². The summed E-state index contributed by atoms with van der Waals surface area (Å²) in [5.74, 6) is 1.10. The fourth-order valence-electron chi connectivity index (χ4n) is 2.20. The van der Waals surface area contributed by atoms with Crippen LogP contribution in [0.25, 0.3) is 10.9 Å². The highest BCUT2D eigenvalue weighted by Crippen LogP contribution is 2.24. The molecule has 5 heteroatoms. The first-order valence-corrected chi connectivity index (χ1v) is 8.31. The normalized spacial score (nSPS) is 10.7. The first-order valence-electron chi connectivity index (χ1n) is 7.32. The van der Waals surface area contributed by atoms with Gasteiger partial charge in [-0.1, -0.05) is 36.4 Å². The Morgan fingerprint density at radius 1 is 1.04 bits per heavy atom. The number of carbonyl (C=O) groups excluding carboxylic acids is 1. The number of aryl methyl sites for hydroxylation is 1. The lowest BCUT2D eigenvalue weighted by molar-refractivity contribution is 0.0530. The maximum Gasteiger partial charge on any atom is 0.338 e. The lowest BCUT2D eigenvalue weighted by atomic mass is 10.2. The summed E-state index contributed by atoms with van der Waals surface area (Å²) in [6, 6.07) is 16.9. The fraction of sp³-hybridized carbons (Fsp3) is 0.167. The number of carbonyl (C=O) groups is 1. The van der Waals surface area contributed by atoms with Crippen LogP contribution in [0.1, 0.15) is 16.2 Å².